The molecule has 4 heteroatoms. The van der Waals surface area contributed by atoms with Crippen molar-refractivity contribution >= 4 is 17.4 Å². The topological polar surface area (TPSA) is 74.7 Å². The number of benzene rings is 3. The summed E-state index contributed by atoms with van der Waals surface area (Å²) >= 11 is 0. The second kappa shape index (κ2) is 8.12. The average Bonchev–Trinajstić information content (AvgIpc) is 2.71. The number of nitriles is 1. The molecule has 0 aliphatic rings. The van der Waals surface area contributed by atoms with Crippen molar-refractivity contribution in [1.29, 1.82) is 16.1 Å². The van der Waals surface area contributed by atoms with Gasteiger partial charge in [0.05, 0.1) is 17.3 Å². The number of hydrogen-bond donors (Lipinski definition) is 2. The van der Waals surface area contributed by atoms with Gasteiger partial charge in [0.15, 0.2) is 0 Å². The van der Waals surface area contributed by atoms with E-state index in [-0.39, 0.29) is 11.7 Å². The van der Waals surface area contributed by atoms with E-state index in [1.165, 1.54) is 0 Å². The van der Waals surface area contributed by atoms with Crippen molar-refractivity contribution in [2.75, 3.05) is 4.90 Å². The van der Waals surface area contributed by atoms with Gasteiger partial charge in [0, 0.05) is 11.1 Å². The Bertz CT molecular complexity index is 1140. The molecule has 0 aliphatic carbocycles. The number of anilines is 1. The minimum Gasteiger partial charge on any atom is -0.284 e. The molecule has 29 heavy (non-hydrogen) atoms. The van der Waals surface area contributed by atoms with Gasteiger partial charge in [0.2, 0.25) is 0 Å². The predicted octanol–water partition coefficient (Wildman–Crippen LogP) is 5.65. The van der Waals surface area contributed by atoms with Crippen molar-refractivity contribution in [1.82, 2.24) is 0 Å². The average molecular weight is 380 g/mol. The van der Waals surface area contributed by atoms with E-state index in [0.717, 1.165) is 27.8 Å². The van der Waals surface area contributed by atoms with Gasteiger partial charge in [-0.05, 0) is 49.9 Å². The number of nitrogens with zero attached hydrogens (tertiary/aromatic N) is 2. The van der Waals surface area contributed by atoms with Crippen molar-refractivity contribution < 1.29 is 0 Å². The minimum atomic E-state index is 0.206. The third kappa shape index (κ3) is 3.68. The van der Waals surface area contributed by atoms with Gasteiger partial charge in [-0.15, -0.1) is 0 Å². The Morgan fingerprint density at radius 1 is 0.793 bits per heavy atom. The zero-order valence-corrected chi connectivity index (χ0v) is 17.2. The lowest BCUT2D eigenvalue weighted by molar-refractivity contribution is 1.20. The van der Waals surface area contributed by atoms with Crippen LogP contribution in [0.2, 0.25) is 0 Å². The summed E-state index contributed by atoms with van der Waals surface area (Å²) in [5.74, 6) is 0.425. The van der Waals surface area contributed by atoms with Crippen LogP contribution >= 0.6 is 0 Å². The van der Waals surface area contributed by atoms with Crippen LogP contribution in [0.3, 0.4) is 0 Å². The van der Waals surface area contributed by atoms with Gasteiger partial charge in [-0.25, -0.2) is 0 Å². The van der Waals surface area contributed by atoms with Crippen molar-refractivity contribution in [3.63, 3.8) is 0 Å². The zero-order chi connectivity index (χ0) is 21.1. The molecule has 0 radical (unpaired) electrons. The van der Waals surface area contributed by atoms with Crippen LogP contribution in [0.4, 0.5) is 5.69 Å². The van der Waals surface area contributed by atoms with E-state index in [4.69, 9.17) is 10.8 Å². The molecule has 0 atom stereocenters. The molecule has 3 aromatic carbocycles. The van der Waals surface area contributed by atoms with Gasteiger partial charge in [-0.2, -0.15) is 5.26 Å². The van der Waals surface area contributed by atoms with E-state index in [1.54, 1.807) is 4.90 Å². The molecule has 0 bridgehead atoms. The largest absolute Gasteiger partial charge is 0.284 e. The van der Waals surface area contributed by atoms with E-state index in [1.807, 2.05) is 88.4 Å². The first-order valence-electron chi connectivity index (χ1n) is 9.46. The smallest absolute Gasteiger partial charge is 0.138 e. The summed E-state index contributed by atoms with van der Waals surface area (Å²) in [5.41, 5.74) is 6.35. The predicted molar refractivity (Wildman–Crippen MR) is 119 cm³/mol. The highest BCUT2D eigenvalue weighted by molar-refractivity contribution is 6.28. The van der Waals surface area contributed by atoms with Crippen LogP contribution in [0.1, 0.15) is 38.9 Å². The van der Waals surface area contributed by atoms with Gasteiger partial charge in [-0.1, -0.05) is 60.7 Å². The van der Waals surface area contributed by atoms with Gasteiger partial charge < -0.3 is 0 Å². The highest BCUT2D eigenvalue weighted by Crippen LogP contribution is 2.32. The molecule has 0 saturated heterocycles. The Kier molecular flexibility index (Phi) is 5.61. The summed E-state index contributed by atoms with van der Waals surface area (Å²) < 4.78 is 0. The van der Waals surface area contributed by atoms with Crippen molar-refractivity contribution in [2.24, 2.45) is 0 Å². The van der Waals surface area contributed by atoms with Gasteiger partial charge in [0.1, 0.15) is 11.7 Å². The number of hydrogen-bond acceptors (Lipinski definition) is 3. The van der Waals surface area contributed by atoms with Crippen LogP contribution < -0.4 is 4.90 Å². The molecular formula is C25H24N4. The summed E-state index contributed by atoms with van der Waals surface area (Å²) in [6.45, 7) is 7.74. The number of aryl methyl sites for hydroxylation is 3. The van der Waals surface area contributed by atoms with E-state index < -0.39 is 0 Å². The van der Waals surface area contributed by atoms with Crippen LogP contribution in [0.5, 0.6) is 0 Å². The van der Waals surface area contributed by atoms with Crippen LogP contribution in [0, 0.1) is 49.8 Å². The first-order valence-corrected chi connectivity index (χ1v) is 9.46. The summed E-state index contributed by atoms with van der Waals surface area (Å²) in [6, 6.07) is 21.3. The highest BCUT2D eigenvalue weighted by Gasteiger charge is 2.26. The monoisotopic (exact) mass is 380 g/mol. The molecule has 3 aromatic rings. The molecule has 0 spiro atoms. The van der Waals surface area contributed by atoms with Crippen LogP contribution in [0.15, 0.2) is 60.7 Å². The van der Waals surface area contributed by atoms with Crippen molar-refractivity contribution in [3.05, 3.63) is 99.6 Å². The standard InChI is InChI=1S/C25H24N4/c1-16-10-8-9-13-21(16)25(28)29(24(27)20-11-6-5-7-12-20)23-18(3)14-17(2)22(15-26)19(23)4/h5-14,27-28H,1-4H3. The zero-order valence-electron chi connectivity index (χ0n) is 17.2. The molecule has 0 aliphatic heterocycles. The SMILES string of the molecule is Cc1ccccc1C(=N)N(C(=N)c1ccccc1)c1c(C)cc(C)c(C#N)c1C. The Morgan fingerprint density at radius 3 is 2.03 bits per heavy atom. The molecule has 0 heterocycles. The number of rotatable bonds is 3. The second-order valence-electron chi connectivity index (χ2n) is 7.18. The molecule has 4 nitrogen and oxygen atoms in total. The fourth-order valence-corrected chi connectivity index (χ4v) is 3.71. The molecule has 3 rings (SSSR count). The molecule has 2 N–H and O–H groups in total. The quantitative estimate of drug-likeness (QED) is 0.455. The third-order valence-corrected chi connectivity index (χ3v) is 5.16. The molecule has 144 valence electrons. The minimum absolute atomic E-state index is 0.206. The summed E-state index contributed by atoms with van der Waals surface area (Å²) in [5, 5.41) is 27.6. The summed E-state index contributed by atoms with van der Waals surface area (Å²) in [7, 11) is 0. The van der Waals surface area contributed by atoms with E-state index >= 15 is 0 Å². The molecule has 0 fully saturated rings. The van der Waals surface area contributed by atoms with Crippen LogP contribution in [-0.2, 0) is 0 Å². The Balaban J connectivity index is 2.28. The first-order chi connectivity index (χ1) is 13.9. The fourth-order valence-electron chi connectivity index (χ4n) is 3.71. The molecule has 0 unspecified atom stereocenters. The van der Waals surface area contributed by atoms with E-state index in [9.17, 15) is 5.26 Å². The lowest BCUT2D eigenvalue weighted by Gasteiger charge is -2.30. The van der Waals surface area contributed by atoms with Gasteiger partial charge in [0.25, 0.3) is 0 Å². The maximum Gasteiger partial charge on any atom is 0.138 e. The molecule has 0 saturated carbocycles. The van der Waals surface area contributed by atoms with Gasteiger partial charge in [-0.3, -0.25) is 15.7 Å². The Labute approximate surface area is 172 Å². The Hall–Kier alpha value is -3.71. The Morgan fingerprint density at radius 2 is 1.41 bits per heavy atom. The number of nitrogens with one attached hydrogen (secondary N) is 2. The van der Waals surface area contributed by atoms with Crippen LogP contribution in [0.25, 0.3) is 0 Å². The van der Waals surface area contributed by atoms with E-state index in [0.29, 0.717) is 16.8 Å². The first kappa shape index (κ1) is 20.0. The lowest BCUT2D eigenvalue weighted by atomic mass is 9.95. The van der Waals surface area contributed by atoms with Crippen molar-refractivity contribution in [2.45, 2.75) is 27.7 Å². The lowest BCUT2D eigenvalue weighted by Crippen LogP contribution is -2.38. The molecule has 0 amide bonds. The summed E-state index contributed by atoms with van der Waals surface area (Å²) in [4.78, 5) is 1.66. The highest BCUT2D eigenvalue weighted by atomic mass is 15.2. The molecule has 0 aromatic heterocycles. The number of amidine groups is 2. The second-order valence-corrected chi connectivity index (χ2v) is 7.18. The normalized spacial score (nSPS) is 10.3. The third-order valence-electron chi connectivity index (χ3n) is 5.16. The maximum atomic E-state index is 9.68. The van der Waals surface area contributed by atoms with E-state index in [2.05, 4.69) is 6.07 Å². The van der Waals surface area contributed by atoms with Crippen molar-refractivity contribution in [3.8, 4) is 6.07 Å². The van der Waals surface area contributed by atoms with Crippen LogP contribution in [-0.4, -0.2) is 11.7 Å². The molecular weight excluding hydrogens is 356 g/mol. The fraction of sp³-hybridized carbons (Fsp3) is 0.160. The summed E-state index contributed by atoms with van der Waals surface area (Å²) in [6.07, 6.45) is 0. The maximum absolute atomic E-state index is 9.68. The van der Waals surface area contributed by atoms with Gasteiger partial charge >= 0.3 is 0 Å².